The van der Waals surface area contributed by atoms with Crippen LogP contribution < -0.4 is 5.73 Å². The average molecular weight is 225 g/mol. The molecule has 0 aromatic heterocycles. The molecule has 0 bridgehead atoms. The minimum absolute atomic E-state index is 0.0402. The molecule has 0 radical (unpaired) electrons. The number of rotatable bonds is 2. The maximum absolute atomic E-state index is 6.27. The van der Waals surface area contributed by atoms with E-state index in [4.69, 9.17) is 15.2 Å². The Balaban J connectivity index is 1.92. The third-order valence-corrected chi connectivity index (χ3v) is 3.50. The molecule has 0 spiro atoms. The van der Waals surface area contributed by atoms with E-state index in [-0.39, 0.29) is 12.1 Å². The van der Waals surface area contributed by atoms with Gasteiger partial charge in [0.15, 0.2) is 0 Å². The largest absolute Gasteiger partial charge is 0.376 e. The molecule has 0 aromatic rings. The van der Waals surface area contributed by atoms with Crippen LogP contribution in [0.4, 0.5) is 0 Å². The van der Waals surface area contributed by atoms with Gasteiger partial charge in [-0.3, -0.25) is 0 Å². The van der Waals surface area contributed by atoms with Gasteiger partial charge in [0.05, 0.1) is 32.0 Å². The SMILES string of the molecule is NC(C1=CCCCCCC1)C1COCCO1. The monoisotopic (exact) mass is 225 g/mol. The smallest absolute Gasteiger partial charge is 0.0998 e. The fourth-order valence-electron chi connectivity index (χ4n) is 2.47. The molecule has 1 aliphatic heterocycles. The first-order valence-electron chi connectivity index (χ1n) is 6.52. The van der Waals surface area contributed by atoms with E-state index in [2.05, 4.69) is 6.08 Å². The highest BCUT2D eigenvalue weighted by Gasteiger charge is 2.24. The van der Waals surface area contributed by atoms with Crippen LogP contribution in [0.1, 0.15) is 38.5 Å². The molecule has 1 aliphatic carbocycles. The zero-order chi connectivity index (χ0) is 11.2. The zero-order valence-electron chi connectivity index (χ0n) is 9.99. The van der Waals surface area contributed by atoms with Crippen LogP contribution in [0, 0.1) is 0 Å². The van der Waals surface area contributed by atoms with Gasteiger partial charge in [-0.05, 0) is 25.7 Å². The Kier molecular flexibility index (Phi) is 4.82. The summed E-state index contributed by atoms with van der Waals surface area (Å²) in [6.07, 6.45) is 10.00. The lowest BCUT2D eigenvalue weighted by atomic mass is 9.92. The van der Waals surface area contributed by atoms with Crippen LogP contribution in [0.2, 0.25) is 0 Å². The summed E-state index contributed by atoms with van der Waals surface area (Å²) in [5.74, 6) is 0. The van der Waals surface area contributed by atoms with Crippen LogP contribution in [-0.2, 0) is 9.47 Å². The molecule has 2 unspecified atom stereocenters. The van der Waals surface area contributed by atoms with Gasteiger partial charge < -0.3 is 15.2 Å². The van der Waals surface area contributed by atoms with Crippen LogP contribution in [0.5, 0.6) is 0 Å². The quantitative estimate of drug-likeness (QED) is 0.731. The molecule has 0 amide bonds. The maximum Gasteiger partial charge on any atom is 0.0998 e. The highest BCUT2D eigenvalue weighted by molar-refractivity contribution is 5.13. The molecule has 1 heterocycles. The molecule has 2 atom stereocenters. The number of nitrogens with two attached hydrogens (primary N) is 1. The highest BCUT2D eigenvalue weighted by Crippen LogP contribution is 2.21. The molecule has 2 N–H and O–H groups in total. The predicted octanol–water partition coefficient (Wildman–Crippen LogP) is 2.01. The van der Waals surface area contributed by atoms with E-state index in [0.29, 0.717) is 19.8 Å². The molecule has 0 saturated carbocycles. The molecule has 1 fully saturated rings. The first-order chi connectivity index (χ1) is 7.88. The number of hydrogen-bond donors (Lipinski definition) is 1. The maximum atomic E-state index is 6.27. The summed E-state index contributed by atoms with van der Waals surface area (Å²) >= 11 is 0. The highest BCUT2D eigenvalue weighted by atomic mass is 16.6. The fourth-order valence-corrected chi connectivity index (χ4v) is 2.47. The number of ether oxygens (including phenoxy) is 2. The van der Waals surface area contributed by atoms with E-state index in [9.17, 15) is 0 Å². The van der Waals surface area contributed by atoms with Gasteiger partial charge in [-0.2, -0.15) is 0 Å². The molecule has 3 nitrogen and oxygen atoms in total. The van der Waals surface area contributed by atoms with Gasteiger partial charge in [-0.1, -0.05) is 24.5 Å². The third-order valence-electron chi connectivity index (χ3n) is 3.50. The molecule has 2 aliphatic rings. The summed E-state index contributed by atoms with van der Waals surface area (Å²) in [6.45, 7) is 2.05. The summed E-state index contributed by atoms with van der Waals surface area (Å²) < 4.78 is 11.1. The molecule has 1 saturated heterocycles. The van der Waals surface area contributed by atoms with Crippen LogP contribution >= 0.6 is 0 Å². The van der Waals surface area contributed by atoms with E-state index in [1.165, 1.54) is 37.7 Å². The standard InChI is InChI=1S/C13H23NO2/c14-13(12-10-15-8-9-16-12)11-6-4-2-1-3-5-7-11/h6,12-13H,1-5,7-10,14H2. The summed E-state index contributed by atoms with van der Waals surface area (Å²) in [4.78, 5) is 0. The van der Waals surface area contributed by atoms with Gasteiger partial charge in [0.25, 0.3) is 0 Å². The lowest BCUT2D eigenvalue weighted by molar-refractivity contribution is -0.0931. The molecule has 92 valence electrons. The summed E-state index contributed by atoms with van der Waals surface area (Å²) in [6, 6.07) is 0.0402. The molecule has 0 aromatic carbocycles. The van der Waals surface area contributed by atoms with Crippen molar-refractivity contribution >= 4 is 0 Å². The Labute approximate surface area is 98.0 Å². The van der Waals surface area contributed by atoms with E-state index < -0.39 is 0 Å². The summed E-state index contributed by atoms with van der Waals surface area (Å²) in [7, 11) is 0. The molecule has 3 heteroatoms. The van der Waals surface area contributed by atoms with Crippen molar-refractivity contribution < 1.29 is 9.47 Å². The van der Waals surface area contributed by atoms with E-state index in [1.807, 2.05) is 0 Å². The Hall–Kier alpha value is -0.380. The second-order valence-electron chi connectivity index (χ2n) is 4.74. The predicted molar refractivity (Wildman–Crippen MR) is 64.3 cm³/mol. The van der Waals surface area contributed by atoms with Gasteiger partial charge in [0, 0.05) is 0 Å². The van der Waals surface area contributed by atoms with Gasteiger partial charge >= 0.3 is 0 Å². The average Bonchev–Trinajstić information content (AvgIpc) is 2.29. The van der Waals surface area contributed by atoms with E-state index >= 15 is 0 Å². The van der Waals surface area contributed by atoms with Crippen molar-refractivity contribution in [1.82, 2.24) is 0 Å². The van der Waals surface area contributed by atoms with Crippen molar-refractivity contribution in [3.05, 3.63) is 11.6 Å². The lowest BCUT2D eigenvalue weighted by Gasteiger charge is -2.30. The van der Waals surface area contributed by atoms with Crippen molar-refractivity contribution in [3.8, 4) is 0 Å². The van der Waals surface area contributed by atoms with E-state index in [1.54, 1.807) is 0 Å². The first kappa shape index (κ1) is 12.1. The number of allylic oxidation sites excluding steroid dienone is 1. The van der Waals surface area contributed by atoms with E-state index in [0.717, 1.165) is 6.42 Å². The lowest BCUT2D eigenvalue weighted by Crippen LogP contribution is -2.44. The van der Waals surface area contributed by atoms with Gasteiger partial charge in [-0.15, -0.1) is 0 Å². The Morgan fingerprint density at radius 3 is 2.88 bits per heavy atom. The molecule has 16 heavy (non-hydrogen) atoms. The molecule has 2 rings (SSSR count). The fraction of sp³-hybridized carbons (Fsp3) is 0.846. The number of hydrogen-bond acceptors (Lipinski definition) is 3. The third kappa shape index (κ3) is 3.30. The van der Waals surface area contributed by atoms with Crippen LogP contribution in [-0.4, -0.2) is 32.0 Å². The Morgan fingerprint density at radius 1 is 1.19 bits per heavy atom. The second-order valence-corrected chi connectivity index (χ2v) is 4.74. The van der Waals surface area contributed by atoms with Crippen molar-refractivity contribution in [2.75, 3.05) is 19.8 Å². The van der Waals surface area contributed by atoms with Gasteiger partial charge in [0.1, 0.15) is 0 Å². The van der Waals surface area contributed by atoms with Crippen molar-refractivity contribution in [2.45, 2.75) is 50.7 Å². The van der Waals surface area contributed by atoms with Gasteiger partial charge in [-0.25, -0.2) is 0 Å². The first-order valence-corrected chi connectivity index (χ1v) is 6.52. The molecular formula is C13H23NO2. The Bertz CT molecular complexity index is 234. The van der Waals surface area contributed by atoms with Crippen molar-refractivity contribution in [3.63, 3.8) is 0 Å². The molecular weight excluding hydrogens is 202 g/mol. The zero-order valence-corrected chi connectivity index (χ0v) is 9.99. The van der Waals surface area contributed by atoms with Crippen LogP contribution in [0.3, 0.4) is 0 Å². The normalized spacial score (nSPS) is 30.1. The Morgan fingerprint density at radius 2 is 2.06 bits per heavy atom. The second kappa shape index (κ2) is 6.38. The summed E-state index contributed by atoms with van der Waals surface area (Å²) in [5, 5.41) is 0. The van der Waals surface area contributed by atoms with Crippen LogP contribution in [0.25, 0.3) is 0 Å². The minimum atomic E-state index is 0.0402. The van der Waals surface area contributed by atoms with Crippen molar-refractivity contribution in [1.29, 1.82) is 0 Å². The van der Waals surface area contributed by atoms with Crippen molar-refractivity contribution in [2.24, 2.45) is 5.73 Å². The minimum Gasteiger partial charge on any atom is -0.376 e. The van der Waals surface area contributed by atoms with Gasteiger partial charge in [0.2, 0.25) is 0 Å². The topological polar surface area (TPSA) is 44.5 Å². The van der Waals surface area contributed by atoms with Crippen LogP contribution in [0.15, 0.2) is 11.6 Å². The summed E-state index contributed by atoms with van der Waals surface area (Å²) in [5.41, 5.74) is 7.65.